The first-order chi connectivity index (χ1) is 9.49. The molecule has 0 radical (unpaired) electrons. The highest BCUT2D eigenvalue weighted by molar-refractivity contribution is 6.34. The summed E-state index contributed by atoms with van der Waals surface area (Å²) in [6.45, 7) is 3.92. The van der Waals surface area contributed by atoms with Gasteiger partial charge in [0.2, 0.25) is 11.8 Å². The summed E-state index contributed by atoms with van der Waals surface area (Å²) in [5, 5.41) is 6.11. The summed E-state index contributed by atoms with van der Waals surface area (Å²) in [7, 11) is 0. The Bertz CT molecular complexity index is 526. The van der Waals surface area contributed by atoms with Crippen LogP contribution < -0.4 is 10.6 Å². The quantitative estimate of drug-likeness (QED) is 0.820. The number of carbonyl (C=O) groups is 2. The molecular formula is C15H19ClN2O2. The SMILES string of the molecule is CCC(C)NC(=O)C1(C(=O)Nc2ccccc2Cl)CC1. The van der Waals surface area contributed by atoms with Gasteiger partial charge in [0.25, 0.3) is 0 Å². The van der Waals surface area contributed by atoms with Crippen molar-refractivity contribution in [2.75, 3.05) is 5.32 Å². The second kappa shape index (κ2) is 5.83. The van der Waals surface area contributed by atoms with Gasteiger partial charge in [-0.25, -0.2) is 0 Å². The number of rotatable bonds is 5. The molecule has 0 heterocycles. The lowest BCUT2D eigenvalue weighted by molar-refractivity contribution is -0.134. The van der Waals surface area contributed by atoms with Gasteiger partial charge in [-0.2, -0.15) is 0 Å². The van der Waals surface area contributed by atoms with Crippen molar-refractivity contribution in [2.45, 2.75) is 39.2 Å². The molecule has 0 spiro atoms. The number of nitrogens with one attached hydrogen (secondary N) is 2. The average Bonchev–Trinajstić information content (AvgIpc) is 3.22. The second-order valence-corrected chi connectivity index (χ2v) is 5.71. The molecule has 1 aromatic rings. The van der Waals surface area contributed by atoms with Crippen LogP contribution in [0.4, 0.5) is 5.69 Å². The van der Waals surface area contributed by atoms with E-state index in [2.05, 4.69) is 10.6 Å². The summed E-state index contributed by atoms with van der Waals surface area (Å²) in [6.07, 6.45) is 2.02. The van der Waals surface area contributed by atoms with Crippen LogP contribution in [0.1, 0.15) is 33.1 Å². The standard InChI is InChI=1S/C15H19ClN2O2/c1-3-10(2)17-13(19)15(8-9-15)14(20)18-12-7-5-4-6-11(12)16/h4-7,10H,3,8-9H2,1-2H3,(H,17,19)(H,18,20). The van der Waals surface area contributed by atoms with Crippen LogP contribution in [0.15, 0.2) is 24.3 Å². The third-order valence-electron chi connectivity index (χ3n) is 3.73. The number of hydrogen-bond donors (Lipinski definition) is 2. The summed E-state index contributed by atoms with van der Waals surface area (Å²) in [5.74, 6) is -0.456. The monoisotopic (exact) mass is 294 g/mol. The third kappa shape index (κ3) is 2.96. The van der Waals surface area contributed by atoms with Gasteiger partial charge in [0.05, 0.1) is 10.7 Å². The summed E-state index contributed by atoms with van der Waals surface area (Å²) in [4.78, 5) is 24.5. The number of amides is 2. The van der Waals surface area contributed by atoms with E-state index in [1.807, 2.05) is 13.8 Å². The van der Waals surface area contributed by atoms with Gasteiger partial charge < -0.3 is 10.6 Å². The molecule has 1 fully saturated rings. The van der Waals surface area contributed by atoms with Crippen molar-refractivity contribution in [3.63, 3.8) is 0 Å². The fourth-order valence-corrected chi connectivity index (χ4v) is 2.13. The molecule has 1 aromatic carbocycles. The Kier molecular flexibility index (Phi) is 4.33. The Morgan fingerprint density at radius 1 is 1.30 bits per heavy atom. The van der Waals surface area contributed by atoms with E-state index in [0.717, 1.165) is 6.42 Å². The van der Waals surface area contributed by atoms with E-state index in [4.69, 9.17) is 11.6 Å². The molecule has 2 N–H and O–H groups in total. The summed E-state index contributed by atoms with van der Waals surface area (Å²) < 4.78 is 0. The molecule has 0 bridgehead atoms. The van der Waals surface area contributed by atoms with E-state index < -0.39 is 5.41 Å². The molecule has 108 valence electrons. The molecule has 0 saturated heterocycles. The number of anilines is 1. The van der Waals surface area contributed by atoms with E-state index in [0.29, 0.717) is 23.6 Å². The Morgan fingerprint density at radius 3 is 2.50 bits per heavy atom. The molecule has 1 aliphatic carbocycles. The smallest absolute Gasteiger partial charge is 0.240 e. The van der Waals surface area contributed by atoms with Crippen LogP contribution in [0.3, 0.4) is 0 Å². The summed E-state index contributed by atoms with van der Waals surface area (Å²) in [6, 6.07) is 7.09. The van der Waals surface area contributed by atoms with Crippen LogP contribution in [-0.4, -0.2) is 17.9 Å². The van der Waals surface area contributed by atoms with Gasteiger partial charge in [0.15, 0.2) is 0 Å². The third-order valence-corrected chi connectivity index (χ3v) is 4.06. The van der Waals surface area contributed by atoms with E-state index in [1.165, 1.54) is 0 Å². The Morgan fingerprint density at radius 2 is 1.95 bits per heavy atom. The molecule has 2 rings (SSSR count). The maximum absolute atomic E-state index is 12.3. The molecule has 1 aliphatic rings. The van der Waals surface area contributed by atoms with Crippen molar-refractivity contribution in [2.24, 2.45) is 5.41 Å². The van der Waals surface area contributed by atoms with Crippen LogP contribution >= 0.6 is 11.6 Å². The number of halogens is 1. The first-order valence-corrected chi connectivity index (χ1v) is 7.24. The largest absolute Gasteiger partial charge is 0.353 e. The van der Waals surface area contributed by atoms with Crippen molar-refractivity contribution < 1.29 is 9.59 Å². The zero-order chi connectivity index (χ0) is 14.8. The number of para-hydroxylation sites is 1. The molecule has 0 aliphatic heterocycles. The minimum absolute atomic E-state index is 0.0769. The Hall–Kier alpha value is -1.55. The first kappa shape index (κ1) is 14.9. The Balaban J connectivity index is 2.05. The fourth-order valence-electron chi connectivity index (χ4n) is 1.95. The van der Waals surface area contributed by atoms with Gasteiger partial charge in [0.1, 0.15) is 5.41 Å². The van der Waals surface area contributed by atoms with Crippen molar-refractivity contribution in [3.05, 3.63) is 29.3 Å². The summed E-state index contributed by atoms with van der Waals surface area (Å²) >= 11 is 6.01. The minimum atomic E-state index is -0.914. The van der Waals surface area contributed by atoms with Gasteiger partial charge in [-0.1, -0.05) is 30.7 Å². The topological polar surface area (TPSA) is 58.2 Å². The molecular weight excluding hydrogens is 276 g/mol. The normalized spacial score (nSPS) is 17.1. The lowest BCUT2D eigenvalue weighted by atomic mass is 10.0. The highest BCUT2D eigenvalue weighted by Crippen LogP contribution is 2.47. The molecule has 1 unspecified atom stereocenters. The number of benzene rings is 1. The molecule has 1 atom stereocenters. The molecule has 5 heteroatoms. The molecule has 20 heavy (non-hydrogen) atoms. The lowest BCUT2D eigenvalue weighted by Crippen LogP contribution is -2.43. The first-order valence-electron chi connectivity index (χ1n) is 6.86. The van der Waals surface area contributed by atoms with Crippen molar-refractivity contribution >= 4 is 29.1 Å². The molecule has 2 amide bonds. The van der Waals surface area contributed by atoms with Crippen molar-refractivity contribution in [3.8, 4) is 0 Å². The van der Waals surface area contributed by atoms with E-state index >= 15 is 0 Å². The summed E-state index contributed by atoms with van der Waals surface area (Å²) in [5.41, 5.74) is -0.371. The van der Waals surface area contributed by atoms with Crippen LogP contribution in [0.25, 0.3) is 0 Å². The minimum Gasteiger partial charge on any atom is -0.353 e. The van der Waals surface area contributed by atoms with Crippen molar-refractivity contribution in [1.82, 2.24) is 5.32 Å². The average molecular weight is 295 g/mol. The van der Waals surface area contributed by atoms with Crippen LogP contribution in [0.2, 0.25) is 5.02 Å². The highest BCUT2D eigenvalue weighted by Gasteiger charge is 2.56. The fraction of sp³-hybridized carbons (Fsp3) is 0.467. The number of hydrogen-bond acceptors (Lipinski definition) is 2. The van der Waals surface area contributed by atoms with Crippen LogP contribution in [-0.2, 0) is 9.59 Å². The van der Waals surface area contributed by atoms with Crippen LogP contribution in [0, 0.1) is 5.41 Å². The molecule has 1 saturated carbocycles. The van der Waals surface area contributed by atoms with E-state index in [1.54, 1.807) is 24.3 Å². The van der Waals surface area contributed by atoms with Gasteiger partial charge >= 0.3 is 0 Å². The second-order valence-electron chi connectivity index (χ2n) is 5.30. The maximum Gasteiger partial charge on any atom is 0.240 e. The highest BCUT2D eigenvalue weighted by atomic mass is 35.5. The van der Waals surface area contributed by atoms with Gasteiger partial charge in [0, 0.05) is 6.04 Å². The van der Waals surface area contributed by atoms with Gasteiger partial charge in [-0.05, 0) is 38.3 Å². The van der Waals surface area contributed by atoms with E-state index in [9.17, 15) is 9.59 Å². The van der Waals surface area contributed by atoms with Gasteiger partial charge in [-0.15, -0.1) is 0 Å². The molecule has 4 nitrogen and oxygen atoms in total. The van der Waals surface area contributed by atoms with E-state index in [-0.39, 0.29) is 17.9 Å². The zero-order valence-corrected chi connectivity index (χ0v) is 12.5. The van der Waals surface area contributed by atoms with Gasteiger partial charge in [-0.3, -0.25) is 9.59 Å². The Labute approximate surface area is 123 Å². The zero-order valence-electron chi connectivity index (χ0n) is 11.7. The molecule has 0 aromatic heterocycles. The maximum atomic E-state index is 12.3. The predicted molar refractivity (Wildman–Crippen MR) is 79.6 cm³/mol. The van der Waals surface area contributed by atoms with Crippen LogP contribution in [0.5, 0.6) is 0 Å². The predicted octanol–water partition coefficient (Wildman–Crippen LogP) is 2.97. The van der Waals surface area contributed by atoms with Crippen molar-refractivity contribution in [1.29, 1.82) is 0 Å². The lowest BCUT2D eigenvalue weighted by Gasteiger charge is -2.18. The number of carbonyl (C=O) groups excluding carboxylic acids is 2.